The van der Waals surface area contributed by atoms with Crippen LogP contribution in [0.1, 0.15) is 11.1 Å². The van der Waals surface area contributed by atoms with Gasteiger partial charge in [-0.15, -0.1) is 0 Å². The first kappa shape index (κ1) is 12.2. The monoisotopic (exact) mass is 366 g/mol. The Morgan fingerprint density at radius 2 is 2.06 bits per heavy atom. The molecule has 2 rings (SSSR count). The van der Waals surface area contributed by atoms with E-state index in [1.165, 1.54) is 5.56 Å². The predicted molar refractivity (Wildman–Crippen MR) is 75.2 cm³/mol. The minimum atomic E-state index is 0.580. The molecule has 0 saturated heterocycles. The normalized spacial score (nSPS) is 10.8. The number of nitrogens with zero attached hydrogens (tertiary/aromatic N) is 2. The van der Waals surface area contributed by atoms with Gasteiger partial charge < -0.3 is 0 Å². The molecule has 0 atom stereocenters. The first-order valence-electron chi connectivity index (χ1n) is 4.70. The lowest BCUT2D eigenvalue weighted by Gasteiger charge is -2.03. The van der Waals surface area contributed by atoms with E-state index in [4.69, 9.17) is 23.2 Å². The molecule has 5 heteroatoms. The van der Waals surface area contributed by atoms with Gasteiger partial charge in [0.1, 0.15) is 3.70 Å². The molecule has 0 fully saturated rings. The molecule has 0 N–H and O–H groups in total. The third-order valence-electron chi connectivity index (χ3n) is 2.21. The standard InChI is InChI=1S/C11H9Cl2IN2/c1-7-5-16(15-11(7)14)6-8-2-3-9(12)10(13)4-8/h2-5H,6H2,1H3. The van der Waals surface area contributed by atoms with Crippen LogP contribution in [-0.2, 0) is 6.54 Å². The molecule has 84 valence electrons. The van der Waals surface area contributed by atoms with Gasteiger partial charge in [0, 0.05) is 11.8 Å². The Balaban J connectivity index is 2.23. The van der Waals surface area contributed by atoms with E-state index < -0.39 is 0 Å². The first-order valence-corrected chi connectivity index (χ1v) is 6.53. The van der Waals surface area contributed by atoms with Crippen molar-refractivity contribution in [2.24, 2.45) is 0 Å². The summed E-state index contributed by atoms with van der Waals surface area (Å²) in [4.78, 5) is 0. The van der Waals surface area contributed by atoms with Gasteiger partial charge in [-0.05, 0) is 47.2 Å². The molecule has 0 saturated carbocycles. The molecule has 2 nitrogen and oxygen atoms in total. The summed E-state index contributed by atoms with van der Waals surface area (Å²) in [5.41, 5.74) is 2.27. The molecule has 2 aromatic rings. The van der Waals surface area contributed by atoms with Crippen molar-refractivity contribution in [2.75, 3.05) is 0 Å². The zero-order valence-corrected chi connectivity index (χ0v) is 12.2. The molecule has 1 aromatic carbocycles. The summed E-state index contributed by atoms with van der Waals surface area (Å²) in [7, 11) is 0. The quantitative estimate of drug-likeness (QED) is 0.730. The molecule has 0 radical (unpaired) electrons. The van der Waals surface area contributed by atoms with Crippen LogP contribution in [0.25, 0.3) is 0 Å². The van der Waals surface area contributed by atoms with Gasteiger partial charge in [0.2, 0.25) is 0 Å². The molecule has 1 heterocycles. The predicted octanol–water partition coefficient (Wildman–Crippen LogP) is 4.15. The minimum absolute atomic E-state index is 0.580. The van der Waals surface area contributed by atoms with E-state index in [-0.39, 0.29) is 0 Å². The largest absolute Gasteiger partial charge is 0.267 e. The highest BCUT2D eigenvalue weighted by molar-refractivity contribution is 14.1. The third kappa shape index (κ3) is 2.70. The molecule has 1 aromatic heterocycles. The maximum atomic E-state index is 5.95. The van der Waals surface area contributed by atoms with Crippen molar-refractivity contribution in [1.82, 2.24) is 9.78 Å². The smallest absolute Gasteiger partial charge is 0.126 e. The van der Waals surface area contributed by atoms with Gasteiger partial charge in [0.05, 0.1) is 16.6 Å². The highest BCUT2D eigenvalue weighted by Gasteiger charge is 2.04. The number of benzene rings is 1. The Hall–Kier alpha value is -0.260. The highest BCUT2D eigenvalue weighted by atomic mass is 127. The van der Waals surface area contributed by atoms with Crippen molar-refractivity contribution >= 4 is 45.8 Å². The molecule has 16 heavy (non-hydrogen) atoms. The van der Waals surface area contributed by atoms with Gasteiger partial charge in [0.25, 0.3) is 0 Å². The number of rotatable bonds is 2. The first-order chi connectivity index (χ1) is 7.56. The number of hydrogen-bond donors (Lipinski definition) is 0. The van der Waals surface area contributed by atoms with Crippen LogP contribution in [0.2, 0.25) is 10.0 Å². The van der Waals surface area contributed by atoms with E-state index in [2.05, 4.69) is 27.7 Å². The average molecular weight is 367 g/mol. The van der Waals surface area contributed by atoms with Gasteiger partial charge in [-0.2, -0.15) is 5.10 Å². The number of aromatic nitrogens is 2. The van der Waals surface area contributed by atoms with Crippen LogP contribution in [0, 0.1) is 10.6 Å². The van der Waals surface area contributed by atoms with Crippen LogP contribution >= 0.6 is 45.8 Å². The Morgan fingerprint density at radius 1 is 1.31 bits per heavy atom. The number of halogens is 3. The second-order valence-corrected chi connectivity index (χ2v) is 5.39. The average Bonchev–Trinajstić information content (AvgIpc) is 2.52. The molecule has 0 spiro atoms. The van der Waals surface area contributed by atoms with Crippen molar-refractivity contribution < 1.29 is 0 Å². The van der Waals surface area contributed by atoms with Crippen molar-refractivity contribution in [1.29, 1.82) is 0 Å². The van der Waals surface area contributed by atoms with E-state index in [9.17, 15) is 0 Å². The fourth-order valence-electron chi connectivity index (χ4n) is 1.40. The van der Waals surface area contributed by atoms with Gasteiger partial charge >= 0.3 is 0 Å². The van der Waals surface area contributed by atoms with Crippen LogP contribution in [0.15, 0.2) is 24.4 Å². The van der Waals surface area contributed by atoms with E-state index in [0.717, 1.165) is 9.26 Å². The van der Waals surface area contributed by atoms with Crippen LogP contribution < -0.4 is 0 Å². The van der Waals surface area contributed by atoms with Crippen LogP contribution in [-0.4, -0.2) is 9.78 Å². The van der Waals surface area contributed by atoms with E-state index in [1.54, 1.807) is 6.07 Å². The summed E-state index contributed by atoms with van der Waals surface area (Å²) in [5, 5.41) is 5.55. The van der Waals surface area contributed by atoms with Crippen LogP contribution in [0.5, 0.6) is 0 Å². The maximum Gasteiger partial charge on any atom is 0.126 e. The van der Waals surface area contributed by atoms with Crippen molar-refractivity contribution in [2.45, 2.75) is 13.5 Å². The summed E-state index contributed by atoms with van der Waals surface area (Å²) >= 11 is 14.0. The fourth-order valence-corrected chi connectivity index (χ4v) is 2.14. The van der Waals surface area contributed by atoms with E-state index >= 15 is 0 Å². The fraction of sp³-hybridized carbons (Fsp3) is 0.182. The van der Waals surface area contributed by atoms with Crippen molar-refractivity contribution in [3.63, 3.8) is 0 Å². The Labute approximate surface area is 118 Å². The van der Waals surface area contributed by atoms with Gasteiger partial charge in [0.15, 0.2) is 0 Å². The van der Waals surface area contributed by atoms with E-state index in [0.29, 0.717) is 16.6 Å². The van der Waals surface area contributed by atoms with Gasteiger partial charge in [-0.25, -0.2) is 0 Å². The zero-order valence-electron chi connectivity index (χ0n) is 8.54. The molecule has 0 aliphatic carbocycles. The molecule has 0 aliphatic rings. The lowest BCUT2D eigenvalue weighted by Crippen LogP contribution is -2.00. The summed E-state index contributed by atoms with van der Waals surface area (Å²) < 4.78 is 2.93. The Bertz CT molecular complexity index is 503. The molecule has 0 amide bonds. The summed E-state index contributed by atoms with van der Waals surface area (Å²) in [6, 6.07) is 5.63. The Kier molecular flexibility index (Phi) is 3.77. The summed E-state index contributed by atoms with van der Waals surface area (Å²) in [5.74, 6) is 0. The second kappa shape index (κ2) is 4.94. The second-order valence-electron chi connectivity index (χ2n) is 3.55. The molecular formula is C11H9Cl2IN2. The highest BCUT2D eigenvalue weighted by Crippen LogP contribution is 2.23. The number of aryl methyl sites for hydroxylation is 1. The third-order valence-corrected chi connectivity index (χ3v) is 4.02. The Morgan fingerprint density at radius 3 is 2.62 bits per heavy atom. The number of hydrogen-bond acceptors (Lipinski definition) is 1. The SMILES string of the molecule is Cc1cn(Cc2ccc(Cl)c(Cl)c2)nc1I. The molecular weight excluding hydrogens is 358 g/mol. The molecule has 0 aliphatic heterocycles. The van der Waals surface area contributed by atoms with Crippen LogP contribution in [0.4, 0.5) is 0 Å². The molecule has 0 bridgehead atoms. The van der Waals surface area contributed by atoms with Crippen molar-refractivity contribution in [3.05, 3.63) is 49.3 Å². The van der Waals surface area contributed by atoms with Gasteiger partial charge in [-0.1, -0.05) is 29.3 Å². The maximum absolute atomic E-state index is 5.95. The topological polar surface area (TPSA) is 17.8 Å². The van der Waals surface area contributed by atoms with Crippen molar-refractivity contribution in [3.8, 4) is 0 Å². The summed E-state index contributed by atoms with van der Waals surface area (Å²) in [6.07, 6.45) is 2.02. The summed E-state index contributed by atoms with van der Waals surface area (Å²) in [6.45, 7) is 2.75. The van der Waals surface area contributed by atoms with Crippen LogP contribution in [0.3, 0.4) is 0 Å². The molecule has 0 unspecified atom stereocenters. The van der Waals surface area contributed by atoms with E-state index in [1.807, 2.05) is 29.9 Å². The zero-order chi connectivity index (χ0) is 11.7. The lowest BCUT2D eigenvalue weighted by molar-refractivity contribution is 0.681. The minimum Gasteiger partial charge on any atom is -0.267 e. The lowest BCUT2D eigenvalue weighted by atomic mass is 10.2. The van der Waals surface area contributed by atoms with Gasteiger partial charge in [-0.3, -0.25) is 4.68 Å².